The minimum atomic E-state index is -0.769. The zero-order chi connectivity index (χ0) is 21.5. The lowest BCUT2D eigenvalue weighted by molar-refractivity contribution is -0.150. The number of nitrogens with two attached hydrogens (primary N) is 1. The molecule has 0 spiro atoms. The molecular weight excluding hydrogens is 381 g/mol. The molecule has 158 valence electrons. The Balaban J connectivity index is 1.69. The van der Waals surface area contributed by atoms with Crippen LogP contribution in [0.2, 0.25) is 0 Å². The van der Waals surface area contributed by atoms with Gasteiger partial charge in [-0.1, -0.05) is 55.8 Å². The molecule has 2 amide bonds. The first kappa shape index (κ1) is 21.7. The molecule has 1 heterocycles. The van der Waals surface area contributed by atoms with Gasteiger partial charge >= 0.3 is 0 Å². The third-order valence-electron chi connectivity index (χ3n) is 5.30. The number of nitrogens with zero attached hydrogens (tertiary/aromatic N) is 2. The van der Waals surface area contributed by atoms with Gasteiger partial charge in [0.2, 0.25) is 11.8 Å². The molecule has 1 saturated heterocycles. The third kappa shape index (κ3) is 5.33. The van der Waals surface area contributed by atoms with Crippen molar-refractivity contribution >= 4 is 17.9 Å². The molecule has 2 aromatic rings. The Hall–Kier alpha value is -2.99. The summed E-state index contributed by atoms with van der Waals surface area (Å²) in [4.78, 5) is 29.4. The van der Waals surface area contributed by atoms with Crippen LogP contribution in [0.4, 0.5) is 4.39 Å². The summed E-state index contributed by atoms with van der Waals surface area (Å²) < 4.78 is 13.1. The predicted octanol–water partition coefficient (Wildman–Crippen LogP) is 3.21. The number of carbonyl (C=O) groups is 2. The second kappa shape index (κ2) is 10.2. The van der Waals surface area contributed by atoms with E-state index in [2.05, 4.69) is 0 Å². The van der Waals surface area contributed by atoms with E-state index >= 15 is 0 Å². The maximum Gasteiger partial charge on any atom is 0.249 e. The van der Waals surface area contributed by atoms with Gasteiger partial charge in [0.15, 0.2) is 0 Å². The van der Waals surface area contributed by atoms with E-state index in [1.165, 1.54) is 12.1 Å². The zero-order valence-corrected chi connectivity index (χ0v) is 17.2. The van der Waals surface area contributed by atoms with E-state index in [4.69, 9.17) is 5.73 Å². The monoisotopic (exact) mass is 409 g/mol. The number of hydrogen-bond donors (Lipinski definition) is 1. The fourth-order valence-electron chi connectivity index (χ4n) is 3.69. The van der Waals surface area contributed by atoms with E-state index in [9.17, 15) is 14.0 Å². The maximum atomic E-state index is 13.1. The Morgan fingerprint density at radius 2 is 1.87 bits per heavy atom. The largest absolute Gasteiger partial charge is 0.327 e. The number of rotatable bonds is 7. The highest BCUT2D eigenvalue weighted by atomic mass is 19.1. The molecule has 1 aliphatic rings. The Labute approximate surface area is 177 Å². The molecule has 0 saturated carbocycles. The van der Waals surface area contributed by atoms with Gasteiger partial charge in [-0.3, -0.25) is 9.59 Å². The van der Waals surface area contributed by atoms with Crippen LogP contribution < -0.4 is 5.73 Å². The summed E-state index contributed by atoms with van der Waals surface area (Å²) in [5.41, 5.74) is 7.97. The summed E-state index contributed by atoms with van der Waals surface area (Å²) in [6, 6.07) is 14.5. The fourth-order valence-corrected chi connectivity index (χ4v) is 3.69. The summed E-state index contributed by atoms with van der Waals surface area (Å²) in [6.45, 7) is 2.86. The molecule has 0 radical (unpaired) electrons. The second-order valence-electron chi connectivity index (χ2n) is 7.53. The predicted molar refractivity (Wildman–Crippen MR) is 116 cm³/mol. The normalized spacial score (nSPS) is 18.1. The SMILES string of the molecule is CCCC1C(=O)N(C=Cc2ccccc2)CCN1C(=O)C(N)Cc1ccc(F)cc1. The minimum Gasteiger partial charge on any atom is -0.327 e. The van der Waals surface area contributed by atoms with Crippen LogP contribution in [0.5, 0.6) is 0 Å². The number of piperazine rings is 1. The highest BCUT2D eigenvalue weighted by Gasteiger charge is 2.37. The molecule has 3 rings (SSSR count). The molecule has 2 aromatic carbocycles. The van der Waals surface area contributed by atoms with Gasteiger partial charge in [0.25, 0.3) is 0 Å². The van der Waals surface area contributed by atoms with Crippen molar-refractivity contribution in [2.45, 2.75) is 38.3 Å². The standard InChI is InChI=1S/C24H28FN3O2/c1-2-6-22-24(30)27(14-13-18-7-4-3-5-8-18)15-16-28(22)23(29)21(26)17-19-9-11-20(25)12-10-19/h3-5,7-14,21-22H,2,6,15-17,26H2,1H3. The van der Waals surface area contributed by atoms with Gasteiger partial charge in [0, 0.05) is 19.3 Å². The highest BCUT2D eigenvalue weighted by molar-refractivity contribution is 5.91. The summed E-state index contributed by atoms with van der Waals surface area (Å²) in [7, 11) is 0. The van der Waals surface area contributed by atoms with E-state index in [0.717, 1.165) is 17.5 Å². The fraction of sp³-hybridized carbons (Fsp3) is 0.333. The van der Waals surface area contributed by atoms with Gasteiger partial charge in [0.1, 0.15) is 11.9 Å². The zero-order valence-electron chi connectivity index (χ0n) is 17.2. The van der Waals surface area contributed by atoms with Crippen molar-refractivity contribution in [1.29, 1.82) is 0 Å². The third-order valence-corrected chi connectivity index (χ3v) is 5.30. The van der Waals surface area contributed by atoms with Gasteiger partial charge in [-0.05, 0) is 42.2 Å². The number of hydrogen-bond acceptors (Lipinski definition) is 3. The Bertz CT molecular complexity index is 883. The van der Waals surface area contributed by atoms with Gasteiger partial charge < -0.3 is 15.5 Å². The van der Waals surface area contributed by atoms with Crippen LogP contribution in [0.3, 0.4) is 0 Å². The van der Waals surface area contributed by atoms with Gasteiger partial charge in [-0.2, -0.15) is 0 Å². The molecular formula is C24H28FN3O2. The van der Waals surface area contributed by atoms with E-state index < -0.39 is 12.1 Å². The topological polar surface area (TPSA) is 66.6 Å². The van der Waals surface area contributed by atoms with E-state index in [-0.39, 0.29) is 17.6 Å². The Morgan fingerprint density at radius 3 is 2.53 bits per heavy atom. The van der Waals surface area contributed by atoms with Crippen molar-refractivity contribution in [2.75, 3.05) is 13.1 Å². The van der Waals surface area contributed by atoms with E-state index in [0.29, 0.717) is 25.9 Å². The highest BCUT2D eigenvalue weighted by Crippen LogP contribution is 2.19. The molecule has 6 heteroatoms. The summed E-state index contributed by atoms with van der Waals surface area (Å²) in [6.07, 6.45) is 5.37. The number of carbonyl (C=O) groups excluding carboxylic acids is 2. The lowest BCUT2D eigenvalue weighted by Crippen LogP contribution is -2.60. The average molecular weight is 410 g/mol. The number of halogens is 1. The first-order chi connectivity index (χ1) is 14.5. The summed E-state index contributed by atoms with van der Waals surface area (Å²) in [5, 5.41) is 0. The van der Waals surface area contributed by atoms with E-state index in [1.54, 1.807) is 28.1 Å². The molecule has 1 fully saturated rings. The molecule has 2 atom stereocenters. The molecule has 30 heavy (non-hydrogen) atoms. The Kier molecular flexibility index (Phi) is 7.36. The van der Waals surface area contributed by atoms with Crippen LogP contribution in [-0.4, -0.2) is 46.8 Å². The molecule has 1 aliphatic heterocycles. The average Bonchev–Trinajstić information content (AvgIpc) is 2.76. The number of benzene rings is 2. The smallest absolute Gasteiger partial charge is 0.249 e. The second-order valence-corrected chi connectivity index (χ2v) is 7.53. The molecule has 2 N–H and O–H groups in total. The van der Waals surface area contributed by atoms with Crippen LogP contribution in [0.1, 0.15) is 30.9 Å². The summed E-state index contributed by atoms with van der Waals surface area (Å²) in [5.74, 6) is -0.651. The quantitative estimate of drug-likeness (QED) is 0.764. The van der Waals surface area contributed by atoms with Gasteiger partial charge in [-0.15, -0.1) is 0 Å². The maximum absolute atomic E-state index is 13.1. The van der Waals surface area contributed by atoms with Crippen molar-refractivity contribution in [3.05, 3.63) is 77.7 Å². The molecule has 0 bridgehead atoms. The Morgan fingerprint density at radius 1 is 1.17 bits per heavy atom. The molecule has 2 unspecified atom stereocenters. The lowest BCUT2D eigenvalue weighted by Gasteiger charge is -2.40. The van der Waals surface area contributed by atoms with Crippen molar-refractivity contribution in [3.63, 3.8) is 0 Å². The van der Waals surface area contributed by atoms with Crippen molar-refractivity contribution in [2.24, 2.45) is 5.73 Å². The van der Waals surface area contributed by atoms with Gasteiger partial charge in [0.05, 0.1) is 6.04 Å². The first-order valence-electron chi connectivity index (χ1n) is 10.3. The van der Waals surface area contributed by atoms with Crippen LogP contribution in [0.15, 0.2) is 60.8 Å². The lowest BCUT2D eigenvalue weighted by atomic mass is 10.0. The van der Waals surface area contributed by atoms with E-state index in [1.807, 2.05) is 43.3 Å². The molecule has 5 nitrogen and oxygen atoms in total. The van der Waals surface area contributed by atoms with Crippen LogP contribution in [0, 0.1) is 5.82 Å². The van der Waals surface area contributed by atoms with Crippen LogP contribution in [0.25, 0.3) is 6.08 Å². The van der Waals surface area contributed by atoms with Crippen molar-refractivity contribution in [1.82, 2.24) is 9.80 Å². The van der Waals surface area contributed by atoms with Crippen LogP contribution in [-0.2, 0) is 16.0 Å². The van der Waals surface area contributed by atoms with Crippen molar-refractivity contribution < 1.29 is 14.0 Å². The van der Waals surface area contributed by atoms with Crippen molar-refractivity contribution in [3.8, 4) is 0 Å². The molecule has 0 aliphatic carbocycles. The summed E-state index contributed by atoms with van der Waals surface area (Å²) >= 11 is 0. The minimum absolute atomic E-state index is 0.0855. The van der Waals surface area contributed by atoms with Gasteiger partial charge in [-0.25, -0.2) is 4.39 Å². The molecule has 0 aromatic heterocycles. The van der Waals surface area contributed by atoms with Crippen LogP contribution >= 0.6 is 0 Å². The number of amides is 2. The first-order valence-corrected chi connectivity index (χ1v) is 10.3.